The summed E-state index contributed by atoms with van der Waals surface area (Å²) in [5.74, 6) is -0.448. The second kappa shape index (κ2) is 10.3. The monoisotopic (exact) mass is 335 g/mol. The molecule has 0 amide bonds. The van der Waals surface area contributed by atoms with Crippen LogP contribution in [0.15, 0.2) is 29.4 Å². The Bertz CT molecular complexity index is 516. The molecule has 0 heterocycles. The van der Waals surface area contributed by atoms with Crippen LogP contribution in [0.3, 0.4) is 0 Å². The zero-order valence-electron chi connectivity index (χ0n) is 13.2. The third-order valence-corrected chi connectivity index (χ3v) is 2.76. The maximum Gasteiger partial charge on any atom is 0.526 e. The van der Waals surface area contributed by atoms with Crippen molar-refractivity contribution in [2.24, 2.45) is 11.1 Å². The molecule has 0 atom stereocenters. The van der Waals surface area contributed by atoms with Crippen molar-refractivity contribution < 1.29 is 28.1 Å². The third-order valence-electron chi connectivity index (χ3n) is 2.35. The number of halogens is 1. The van der Waals surface area contributed by atoms with E-state index in [1.54, 1.807) is 0 Å². The van der Waals surface area contributed by atoms with E-state index in [-0.39, 0.29) is 5.56 Å². The van der Waals surface area contributed by atoms with Gasteiger partial charge in [-0.15, -0.1) is 0 Å². The van der Waals surface area contributed by atoms with Gasteiger partial charge in [-0.25, -0.2) is 8.96 Å². The molecule has 0 aliphatic carbocycles. The molecule has 0 spiro atoms. The van der Waals surface area contributed by atoms with Gasteiger partial charge in [0.1, 0.15) is 12.9 Å². The van der Waals surface area contributed by atoms with Gasteiger partial charge in [0.15, 0.2) is 0 Å². The number of hydrogen-bond donors (Lipinski definition) is 2. The fraction of sp³-hybridized carbons (Fsp3) is 0.500. The minimum absolute atomic E-state index is 0.201. The highest BCUT2D eigenvalue weighted by Gasteiger charge is 2.22. The van der Waals surface area contributed by atoms with Crippen molar-refractivity contribution in [1.82, 2.24) is 0 Å². The Labute approximate surface area is 130 Å². The van der Waals surface area contributed by atoms with Gasteiger partial charge in [-0.3, -0.25) is 9.79 Å². The number of phosphoric ester groups is 1. The first kappa shape index (κ1) is 20.6. The highest BCUT2D eigenvalue weighted by atomic mass is 31.2. The van der Waals surface area contributed by atoms with Crippen LogP contribution >= 0.6 is 7.82 Å². The van der Waals surface area contributed by atoms with E-state index in [1.807, 2.05) is 0 Å². The van der Waals surface area contributed by atoms with Crippen LogP contribution in [0, 0.1) is 11.7 Å². The molecular weight excluding hydrogens is 312 g/mol. The molecule has 0 saturated heterocycles. The number of benzene rings is 1. The van der Waals surface area contributed by atoms with E-state index in [4.69, 9.17) is 9.79 Å². The van der Waals surface area contributed by atoms with Gasteiger partial charge in [0.05, 0.1) is 5.56 Å². The first-order valence-electron chi connectivity index (χ1n) is 6.82. The Morgan fingerprint density at radius 1 is 1.36 bits per heavy atom. The van der Waals surface area contributed by atoms with E-state index in [1.165, 1.54) is 31.0 Å². The predicted octanol–water partition coefficient (Wildman–Crippen LogP) is 3.69. The van der Waals surface area contributed by atoms with E-state index in [9.17, 15) is 8.96 Å². The first-order chi connectivity index (χ1) is 10.2. The Kier molecular flexibility index (Phi) is 9.65. The van der Waals surface area contributed by atoms with E-state index < -0.39 is 19.5 Å². The Morgan fingerprint density at radius 2 is 1.95 bits per heavy atom. The summed E-state index contributed by atoms with van der Waals surface area (Å²) in [4.78, 5) is 21.5. The largest absolute Gasteiger partial charge is 0.526 e. The summed E-state index contributed by atoms with van der Waals surface area (Å²) in [7, 11) is -3.67. The molecule has 22 heavy (non-hydrogen) atoms. The minimum Gasteiger partial charge on any atom is -0.396 e. The molecule has 0 radical (unpaired) electrons. The van der Waals surface area contributed by atoms with Crippen LogP contribution in [-0.2, 0) is 13.9 Å². The van der Waals surface area contributed by atoms with Crippen molar-refractivity contribution in [2.45, 2.75) is 33.6 Å². The van der Waals surface area contributed by atoms with Crippen LogP contribution in [0.2, 0.25) is 0 Å². The molecule has 0 aliphatic heterocycles. The molecule has 1 rings (SSSR count). The molecule has 8 heteroatoms. The molecule has 1 aromatic carbocycles. The zero-order valence-corrected chi connectivity index (χ0v) is 14.1. The molecule has 126 valence electrons. The quantitative estimate of drug-likeness (QED) is 0.371. The number of nitrogens with zero attached hydrogens (tertiary/aromatic N) is 1. The lowest BCUT2D eigenvalue weighted by atomic mass is 10.1. The zero-order chi connectivity index (χ0) is 17.2. The maximum absolute atomic E-state index is 13.3. The Morgan fingerprint density at radius 3 is 2.32 bits per heavy atom. The average Bonchev–Trinajstić information content (AvgIpc) is 2.38. The predicted molar refractivity (Wildman–Crippen MR) is 82.8 cm³/mol. The SMILES string of the molecule is CCCC(C)C.CON=C(OP(=O)(O)O)c1ccccc1F. The Hall–Kier alpha value is -1.43. The summed E-state index contributed by atoms with van der Waals surface area (Å²) in [5, 5.41) is 3.20. The average molecular weight is 335 g/mol. The van der Waals surface area contributed by atoms with Crippen LogP contribution in [0.5, 0.6) is 0 Å². The van der Waals surface area contributed by atoms with Gasteiger partial charge in [0.25, 0.3) is 5.90 Å². The summed E-state index contributed by atoms with van der Waals surface area (Å²) in [6.45, 7) is 6.73. The van der Waals surface area contributed by atoms with Crippen molar-refractivity contribution in [3.63, 3.8) is 0 Å². The molecule has 0 saturated carbocycles. The van der Waals surface area contributed by atoms with E-state index >= 15 is 0 Å². The molecule has 6 nitrogen and oxygen atoms in total. The van der Waals surface area contributed by atoms with Crippen molar-refractivity contribution >= 4 is 13.7 Å². The lowest BCUT2D eigenvalue weighted by molar-refractivity contribution is 0.199. The fourth-order valence-corrected chi connectivity index (χ4v) is 1.88. The lowest BCUT2D eigenvalue weighted by Gasteiger charge is -2.09. The summed E-state index contributed by atoms with van der Waals surface area (Å²) >= 11 is 0. The van der Waals surface area contributed by atoms with Gasteiger partial charge in [-0.1, -0.05) is 45.7 Å². The van der Waals surface area contributed by atoms with Crippen molar-refractivity contribution in [3.8, 4) is 0 Å². The summed E-state index contributed by atoms with van der Waals surface area (Å²) < 4.78 is 28.1. The second-order valence-electron chi connectivity index (χ2n) is 4.82. The topological polar surface area (TPSA) is 88.4 Å². The standard InChI is InChI=1S/C8H9FNO5P.C6H14/c1-14-10-8(15-16(11,12)13)6-4-2-3-5-7(6)9;1-4-5-6(2)3/h2-5H,1H3,(H2,11,12,13);6H,4-5H2,1-3H3. The summed E-state index contributed by atoms with van der Waals surface area (Å²) in [6.07, 6.45) is 2.71. The van der Waals surface area contributed by atoms with Crippen LogP contribution in [0.1, 0.15) is 39.2 Å². The number of oxime groups is 1. The van der Waals surface area contributed by atoms with Crippen molar-refractivity contribution in [1.29, 1.82) is 0 Å². The van der Waals surface area contributed by atoms with Gasteiger partial charge >= 0.3 is 7.82 Å². The molecule has 2 N–H and O–H groups in total. The van der Waals surface area contributed by atoms with Crippen LogP contribution in [-0.4, -0.2) is 22.8 Å². The summed E-state index contributed by atoms with van der Waals surface area (Å²) in [6, 6.07) is 5.24. The van der Waals surface area contributed by atoms with Gasteiger partial charge in [-0.2, -0.15) is 0 Å². The molecular formula is C14H23FNO5P. The molecule has 0 aliphatic rings. The molecule has 0 aromatic heterocycles. The number of rotatable bonds is 5. The fourth-order valence-electron chi connectivity index (χ4n) is 1.52. The van der Waals surface area contributed by atoms with Crippen LogP contribution < -0.4 is 0 Å². The molecule has 0 bridgehead atoms. The van der Waals surface area contributed by atoms with Crippen LogP contribution in [0.25, 0.3) is 0 Å². The maximum atomic E-state index is 13.3. The number of hydrogen-bond acceptors (Lipinski definition) is 4. The van der Waals surface area contributed by atoms with Crippen LogP contribution in [0.4, 0.5) is 4.39 Å². The normalized spacial score (nSPS) is 11.7. The van der Waals surface area contributed by atoms with E-state index in [0.717, 1.165) is 19.1 Å². The van der Waals surface area contributed by atoms with Crippen molar-refractivity contribution in [3.05, 3.63) is 35.6 Å². The van der Waals surface area contributed by atoms with Crippen molar-refractivity contribution in [2.75, 3.05) is 7.11 Å². The summed E-state index contributed by atoms with van der Waals surface area (Å²) in [5.41, 5.74) is -0.201. The van der Waals surface area contributed by atoms with Gasteiger partial charge in [0, 0.05) is 0 Å². The van der Waals surface area contributed by atoms with E-state index in [0.29, 0.717) is 0 Å². The molecule has 0 unspecified atom stereocenters. The van der Waals surface area contributed by atoms with E-state index in [2.05, 4.69) is 35.3 Å². The highest BCUT2D eigenvalue weighted by Crippen LogP contribution is 2.37. The highest BCUT2D eigenvalue weighted by molar-refractivity contribution is 7.47. The third kappa shape index (κ3) is 9.50. The van der Waals surface area contributed by atoms with Gasteiger partial charge in [0.2, 0.25) is 0 Å². The smallest absolute Gasteiger partial charge is 0.396 e. The molecule has 0 fully saturated rings. The lowest BCUT2D eigenvalue weighted by Crippen LogP contribution is -2.08. The Balaban J connectivity index is 0.000000626. The minimum atomic E-state index is -4.81. The van der Waals surface area contributed by atoms with Gasteiger partial charge < -0.3 is 9.36 Å². The number of phosphoric acid groups is 1. The second-order valence-corrected chi connectivity index (χ2v) is 5.99. The van der Waals surface area contributed by atoms with Gasteiger partial charge in [-0.05, 0) is 23.2 Å². The first-order valence-corrected chi connectivity index (χ1v) is 8.35. The molecule has 1 aromatic rings.